The van der Waals surface area contributed by atoms with E-state index in [-0.39, 0.29) is 49.9 Å². The third kappa shape index (κ3) is 8.53. The van der Waals surface area contributed by atoms with Gasteiger partial charge in [-0.25, -0.2) is 4.79 Å². The van der Waals surface area contributed by atoms with Crippen molar-refractivity contribution in [3.63, 3.8) is 0 Å². The molecule has 0 radical (unpaired) electrons. The minimum atomic E-state index is -1.06. The quantitative estimate of drug-likeness (QED) is 0.268. The van der Waals surface area contributed by atoms with Gasteiger partial charge in [0.1, 0.15) is 12.7 Å². The second kappa shape index (κ2) is 15.1. The minimum absolute atomic E-state index is 0.0111. The van der Waals surface area contributed by atoms with E-state index in [1.165, 1.54) is 11.0 Å². The molecule has 1 aromatic carbocycles. The van der Waals surface area contributed by atoms with Crippen LogP contribution in [0.2, 0.25) is 4.34 Å². The highest BCUT2D eigenvalue weighted by Crippen LogP contribution is 2.27. The van der Waals surface area contributed by atoms with Crippen LogP contribution in [-0.2, 0) is 28.7 Å². The van der Waals surface area contributed by atoms with E-state index in [1.54, 1.807) is 35.2 Å². The number of rotatable bonds is 13. The van der Waals surface area contributed by atoms with Crippen molar-refractivity contribution in [2.45, 2.75) is 37.8 Å². The number of carbonyl (C=O) groups excluding carboxylic acids is 6. The molecule has 2 aliphatic rings. The summed E-state index contributed by atoms with van der Waals surface area (Å²) < 4.78 is 11.1. The number of imide groups is 1. The Morgan fingerprint density at radius 2 is 1.77 bits per heavy atom. The number of cyclic esters (lactones) is 1. The first-order valence-electron chi connectivity index (χ1n) is 13.9. The van der Waals surface area contributed by atoms with Crippen molar-refractivity contribution in [1.29, 1.82) is 0 Å². The average Bonchev–Trinajstić information content (AvgIpc) is 3.60. The molecule has 5 N–H and O–H groups in total. The Morgan fingerprint density at radius 3 is 2.41 bits per heavy atom. The first-order chi connectivity index (χ1) is 21.0. The smallest absolute Gasteiger partial charge is 0.414 e. The summed E-state index contributed by atoms with van der Waals surface area (Å²) in [6.07, 6.45) is -0.968. The molecule has 0 spiro atoms. The number of hydrogen-bond donors (Lipinski definition) is 3. The average molecular weight is 649 g/mol. The molecule has 0 aliphatic carbocycles. The predicted molar refractivity (Wildman–Crippen MR) is 161 cm³/mol. The Balaban J connectivity index is 1.35. The van der Waals surface area contributed by atoms with E-state index in [2.05, 4.69) is 5.32 Å². The number of unbranched alkanes of at least 4 members (excludes halogenated alkanes) is 1. The maximum absolute atomic E-state index is 13.3. The lowest BCUT2D eigenvalue weighted by molar-refractivity contribution is -0.129. The topological polar surface area (TPSA) is 195 Å². The van der Waals surface area contributed by atoms with Gasteiger partial charge in [-0.15, -0.1) is 11.3 Å². The Bertz CT molecular complexity index is 1400. The second-order valence-corrected chi connectivity index (χ2v) is 11.9. The number of nitrogens with two attached hydrogens (primary N) is 2. The summed E-state index contributed by atoms with van der Waals surface area (Å²) in [6.45, 7) is 1.00. The van der Waals surface area contributed by atoms with Gasteiger partial charge in [-0.3, -0.25) is 33.8 Å². The minimum Gasteiger partial charge on any atom is -0.442 e. The lowest BCUT2D eigenvalue weighted by atomic mass is 10.1. The van der Waals surface area contributed by atoms with Crippen LogP contribution in [-0.4, -0.2) is 92.1 Å². The number of hydrogen-bond acceptors (Lipinski definition) is 10. The fraction of sp³-hybridized carbons (Fsp3) is 0.429. The van der Waals surface area contributed by atoms with Gasteiger partial charge in [0.25, 0.3) is 11.8 Å². The predicted octanol–water partition coefficient (Wildman–Crippen LogP) is 1.25. The number of primary amides is 1. The van der Waals surface area contributed by atoms with Gasteiger partial charge in [0.15, 0.2) is 0 Å². The molecule has 14 nitrogen and oxygen atoms in total. The van der Waals surface area contributed by atoms with E-state index in [0.29, 0.717) is 41.7 Å². The molecule has 0 saturated carbocycles. The number of benzene rings is 1. The summed E-state index contributed by atoms with van der Waals surface area (Å²) in [5.74, 6) is -2.42. The van der Waals surface area contributed by atoms with E-state index < -0.39 is 41.9 Å². The normalized spacial score (nSPS) is 17.3. The van der Waals surface area contributed by atoms with Crippen molar-refractivity contribution in [1.82, 2.24) is 10.2 Å². The van der Waals surface area contributed by atoms with Gasteiger partial charge < -0.3 is 31.2 Å². The van der Waals surface area contributed by atoms with Crippen LogP contribution in [0.3, 0.4) is 0 Å². The molecule has 4 rings (SSSR count). The van der Waals surface area contributed by atoms with Crippen molar-refractivity contribution < 1.29 is 38.2 Å². The molecule has 1 unspecified atom stereocenters. The zero-order chi connectivity index (χ0) is 31.8. The highest BCUT2D eigenvalue weighted by atomic mass is 35.5. The Morgan fingerprint density at radius 1 is 1.07 bits per heavy atom. The Labute approximate surface area is 262 Å². The van der Waals surface area contributed by atoms with Gasteiger partial charge in [0, 0.05) is 30.9 Å². The number of nitrogens with one attached hydrogen (secondary N) is 1. The number of thiophene rings is 1. The van der Waals surface area contributed by atoms with Crippen LogP contribution in [0.4, 0.5) is 16.2 Å². The van der Waals surface area contributed by atoms with Crippen LogP contribution in [0.25, 0.3) is 0 Å². The van der Waals surface area contributed by atoms with Crippen LogP contribution in [0.1, 0.15) is 35.4 Å². The maximum atomic E-state index is 13.3. The van der Waals surface area contributed by atoms with Crippen LogP contribution in [0, 0.1) is 0 Å². The Hall–Kier alpha value is -4.05. The van der Waals surface area contributed by atoms with Gasteiger partial charge in [0.2, 0.25) is 17.7 Å². The van der Waals surface area contributed by atoms with E-state index in [9.17, 15) is 28.8 Å². The van der Waals surface area contributed by atoms with Crippen LogP contribution >= 0.6 is 22.9 Å². The molecule has 6 amide bonds. The maximum Gasteiger partial charge on any atom is 0.414 e. The Kier molecular flexibility index (Phi) is 11.3. The van der Waals surface area contributed by atoms with Gasteiger partial charge >= 0.3 is 6.09 Å². The first-order valence-corrected chi connectivity index (χ1v) is 15.1. The van der Waals surface area contributed by atoms with Crippen molar-refractivity contribution >= 4 is 69.9 Å². The fourth-order valence-corrected chi connectivity index (χ4v) is 5.68. The number of ether oxygens (including phenoxy) is 2. The zero-order valence-corrected chi connectivity index (χ0v) is 25.3. The second-order valence-electron chi connectivity index (χ2n) is 10.2. The summed E-state index contributed by atoms with van der Waals surface area (Å²) in [7, 11) is 0. The van der Waals surface area contributed by atoms with E-state index in [1.807, 2.05) is 0 Å². The van der Waals surface area contributed by atoms with Crippen molar-refractivity contribution in [3.8, 4) is 0 Å². The number of nitrogens with zero attached hydrogens (tertiary/aromatic N) is 3. The number of amides is 6. The molecular formula is C28H33ClN6O8S. The van der Waals surface area contributed by atoms with Crippen LogP contribution < -0.4 is 26.6 Å². The van der Waals surface area contributed by atoms with Gasteiger partial charge in [-0.2, -0.15) is 0 Å². The summed E-state index contributed by atoms with van der Waals surface area (Å²) in [6, 6.07) is 8.87. The zero-order valence-electron chi connectivity index (χ0n) is 23.7. The molecule has 16 heteroatoms. The summed E-state index contributed by atoms with van der Waals surface area (Å²) in [4.78, 5) is 78.7. The molecule has 3 heterocycles. The van der Waals surface area contributed by atoms with Gasteiger partial charge in [-0.1, -0.05) is 11.6 Å². The van der Waals surface area contributed by atoms with Gasteiger partial charge in [0.05, 0.1) is 41.4 Å². The number of morpholine rings is 1. The van der Waals surface area contributed by atoms with Crippen LogP contribution in [0.5, 0.6) is 0 Å². The largest absolute Gasteiger partial charge is 0.442 e. The summed E-state index contributed by atoms with van der Waals surface area (Å²) in [5, 5.41) is 2.59. The molecule has 2 atom stereocenters. The van der Waals surface area contributed by atoms with E-state index in [4.69, 9.17) is 32.5 Å². The molecule has 44 heavy (non-hydrogen) atoms. The van der Waals surface area contributed by atoms with Gasteiger partial charge in [-0.05, 0) is 49.2 Å². The summed E-state index contributed by atoms with van der Waals surface area (Å²) >= 11 is 7.05. The number of carbonyl (C=O) groups is 6. The molecule has 2 saturated heterocycles. The molecular weight excluding hydrogens is 616 g/mol. The lowest BCUT2D eigenvalue weighted by Crippen LogP contribution is -2.43. The third-order valence-corrected chi connectivity index (χ3v) is 8.14. The SMILES string of the molecule is NC(=O)C[C@H](N)C(=O)NCCCCC(=O)N(CC1CN(c2ccc(N3CCOCC3=O)cc2)C(=O)O1)C(=O)c1ccc(Cl)s1. The molecule has 2 aliphatic heterocycles. The summed E-state index contributed by atoms with van der Waals surface area (Å²) in [5.41, 5.74) is 11.9. The first kappa shape index (κ1) is 32.9. The van der Waals surface area contributed by atoms with E-state index >= 15 is 0 Å². The molecule has 2 fully saturated rings. The molecule has 0 bridgehead atoms. The van der Waals surface area contributed by atoms with Crippen LogP contribution in [0.15, 0.2) is 36.4 Å². The third-order valence-electron chi connectivity index (χ3n) is 6.92. The lowest BCUT2D eigenvalue weighted by Gasteiger charge is -2.27. The monoisotopic (exact) mass is 648 g/mol. The number of halogens is 1. The highest BCUT2D eigenvalue weighted by molar-refractivity contribution is 7.18. The molecule has 1 aromatic heterocycles. The van der Waals surface area contributed by atoms with Crippen molar-refractivity contribution in [2.24, 2.45) is 11.5 Å². The standard InChI is InChI=1S/C28H33ClN6O8S/c29-22-9-8-21(44-22)27(40)35(24(37)3-1-2-10-32-26(39)20(30)13-23(31)36)15-19-14-34(28(41)43-19)18-6-4-17(5-7-18)33-11-12-42-16-25(33)38/h4-9,19-20H,1-3,10-16,30H2,(H2,31,36)(H,32,39)/t19?,20-/m0/s1. The number of anilines is 2. The highest BCUT2D eigenvalue weighted by Gasteiger charge is 2.36. The van der Waals surface area contributed by atoms with Crippen molar-refractivity contribution in [3.05, 3.63) is 45.6 Å². The van der Waals surface area contributed by atoms with Crippen molar-refractivity contribution in [2.75, 3.05) is 49.2 Å². The molecule has 236 valence electrons. The fourth-order valence-electron chi connectivity index (χ4n) is 4.68. The molecule has 2 aromatic rings. The van der Waals surface area contributed by atoms with E-state index in [0.717, 1.165) is 16.2 Å².